The Hall–Kier alpha value is -3.27. The minimum absolute atomic E-state index is 0. The van der Waals surface area contributed by atoms with Crippen LogP contribution in [0.3, 0.4) is 0 Å². The van der Waals surface area contributed by atoms with Crippen molar-refractivity contribution in [3.8, 4) is 11.3 Å². The van der Waals surface area contributed by atoms with Gasteiger partial charge in [-0.1, -0.05) is 125 Å². The molecule has 0 spiro atoms. The Morgan fingerprint density at radius 2 is 1.44 bits per heavy atom. The second-order valence-corrected chi connectivity index (χ2v) is 19.0. The first kappa shape index (κ1) is 44.4. The number of aryl methyl sites for hydroxylation is 2. The molecular formula is C50H66IrNO3-. The van der Waals surface area contributed by atoms with Crippen LogP contribution in [0, 0.1) is 30.7 Å². The molecule has 6 rings (SSSR count). The number of fused-ring (bicyclic) bond motifs is 6. The van der Waals surface area contributed by atoms with Crippen molar-refractivity contribution < 1.29 is 34.4 Å². The van der Waals surface area contributed by atoms with Crippen molar-refractivity contribution in [2.45, 2.75) is 159 Å². The summed E-state index contributed by atoms with van der Waals surface area (Å²) < 4.78 is 6.97. The van der Waals surface area contributed by atoms with Gasteiger partial charge in [-0.3, -0.25) is 9.78 Å². The number of furan rings is 1. The molecule has 299 valence electrons. The van der Waals surface area contributed by atoms with Gasteiger partial charge in [0.05, 0.1) is 5.52 Å². The zero-order valence-corrected chi connectivity index (χ0v) is 38.8. The minimum Gasteiger partial charge on any atom is -0.512 e. The summed E-state index contributed by atoms with van der Waals surface area (Å²) in [6.45, 7) is 32.7. The van der Waals surface area contributed by atoms with Gasteiger partial charge < -0.3 is 9.52 Å². The fourth-order valence-electron chi connectivity index (χ4n) is 8.18. The third kappa shape index (κ3) is 8.26. The van der Waals surface area contributed by atoms with Gasteiger partial charge in [0.25, 0.3) is 0 Å². The van der Waals surface area contributed by atoms with Crippen molar-refractivity contribution in [1.29, 1.82) is 0 Å². The van der Waals surface area contributed by atoms with Gasteiger partial charge in [0.15, 0.2) is 5.78 Å². The number of aliphatic hydroxyl groups excluding tert-OH is 1. The van der Waals surface area contributed by atoms with Gasteiger partial charge in [-0.2, -0.15) is 0 Å². The molecule has 5 aromatic rings. The van der Waals surface area contributed by atoms with Gasteiger partial charge in [-0.05, 0) is 80.4 Å². The molecular weight excluding hydrogens is 855 g/mol. The number of rotatable bonds is 8. The second kappa shape index (κ2) is 15.9. The molecule has 1 radical (unpaired) electrons. The van der Waals surface area contributed by atoms with E-state index in [9.17, 15) is 9.90 Å². The average molecular weight is 921 g/mol. The van der Waals surface area contributed by atoms with Gasteiger partial charge in [0, 0.05) is 64.5 Å². The van der Waals surface area contributed by atoms with Crippen LogP contribution < -0.4 is 0 Å². The topological polar surface area (TPSA) is 63.3 Å². The number of benzene rings is 3. The molecule has 1 aliphatic carbocycles. The first-order valence-corrected chi connectivity index (χ1v) is 20.4. The number of nitrogens with zero attached hydrogens (tertiary/aromatic N) is 1. The van der Waals surface area contributed by atoms with Crippen LogP contribution in [0.25, 0.3) is 43.9 Å². The smallest absolute Gasteiger partial charge is 0.164 e. The zero-order chi connectivity index (χ0) is 40.2. The van der Waals surface area contributed by atoms with Crippen LogP contribution in [0.2, 0.25) is 0 Å². The van der Waals surface area contributed by atoms with E-state index in [4.69, 9.17) is 9.40 Å². The number of carbonyl (C=O) groups is 1. The Balaban J connectivity index is 0.000000320. The van der Waals surface area contributed by atoms with Gasteiger partial charge in [0.1, 0.15) is 17.1 Å². The molecule has 0 bridgehead atoms. The number of allylic oxidation sites excluding steroid dienone is 2. The predicted octanol–water partition coefficient (Wildman–Crippen LogP) is 14.5. The number of ketones is 1. The van der Waals surface area contributed by atoms with Crippen molar-refractivity contribution in [2.24, 2.45) is 10.8 Å². The van der Waals surface area contributed by atoms with E-state index in [0.717, 1.165) is 77.4 Å². The summed E-state index contributed by atoms with van der Waals surface area (Å²) in [7, 11) is 0. The summed E-state index contributed by atoms with van der Waals surface area (Å²) in [5, 5.41) is 14.9. The van der Waals surface area contributed by atoms with Gasteiger partial charge in [0.2, 0.25) is 0 Å². The summed E-state index contributed by atoms with van der Waals surface area (Å²) in [4.78, 5) is 17.6. The molecule has 0 aliphatic heterocycles. The molecule has 3 aromatic carbocycles. The number of aromatic nitrogens is 1. The van der Waals surface area contributed by atoms with Crippen molar-refractivity contribution >= 4 is 38.4 Å². The molecule has 5 heteroatoms. The van der Waals surface area contributed by atoms with E-state index >= 15 is 0 Å². The minimum atomic E-state index is -0.337. The monoisotopic (exact) mass is 921 g/mol. The van der Waals surface area contributed by atoms with Crippen LogP contribution in [-0.4, -0.2) is 15.9 Å². The normalized spacial score (nSPS) is 15.7. The van der Waals surface area contributed by atoms with Gasteiger partial charge in [-0.25, -0.2) is 0 Å². The molecule has 0 fully saturated rings. The van der Waals surface area contributed by atoms with Crippen LogP contribution in [0.1, 0.15) is 157 Å². The third-order valence-corrected chi connectivity index (χ3v) is 13.2. The molecule has 0 saturated carbocycles. The van der Waals surface area contributed by atoms with E-state index in [1.807, 2.05) is 41.5 Å². The van der Waals surface area contributed by atoms with Crippen LogP contribution >= 0.6 is 0 Å². The molecule has 0 atom stereocenters. The molecule has 2 heterocycles. The molecule has 4 nitrogen and oxygen atoms in total. The zero-order valence-electron chi connectivity index (χ0n) is 36.4. The maximum absolute atomic E-state index is 12.2. The second-order valence-electron chi connectivity index (χ2n) is 19.0. The van der Waals surface area contributed by atoms with Crippen molar-refractivity contribution in [3.05, 3.63) is 88.4 Å². The Morgan fingerprint density at radius 1 is 0.855 bits per heavy atom. The summed E-state index contributed by atoms with van der Waals surface area (Å²) in [5.74, 6) is 1.42. The standard InChI is InChI=1S/C35H38NO.C15H28O2.Ir/c1-20-16-21(2)27-26(17-20)36-30(23-18-22-12-10-11-13-24(22)25(19-23)33(3,4)5)28-29-32(37-31(27)28)35(8,9)15-14-34(29,6)7;1-7-14(5,8-2)12(16)11-13(17)15(6,9-3)10-4;/h10-13,16-17,19H,14-15H2,1-9H3;11,16H,7-10H2,1-6H3;/q-1;;/b;12-11-;. The Labute approximate surface area is 345 Å². The molecule has 2 aromatic heterocycles. The largest absolute Gasteiger partial charge is 0.512 e. The summed E-state index contributed by atoms with van der Waals surface area (Å²) in [6, 6.07) is 19.2. The Kier molecular flexibility index (Phi) is 12.9. The van der Waals surface area contributed by atoms with Crippen LogP contribution in [-0.2, 0) is 41.1 Å². The molecule has 55 heavy (non-hydrogen) atoms. The SMILES string of the molecule is CCC(C)(CC)C(=O)/C=C(\O)C(C)(CC)CC.Cc1cc(C)c2c(c1)nc(-c1[c-]c3ccccc3c(C(C)(C)C)c1)c1c3c(oc12)C(C)(C)CCC3(C)C.[Ir]. The molecule has 0 unspecified atom stereocenters. The van der Waals surface area contributed by atoms with Crippen LogP contribution in [0.15, 0.2) is 58.7 Å². The Bertz CT molecular complexity index is 2240. The Morgan fingerprint density at radius 3 is 2.02 bits per heavy atom. The van der Waals surface area contributed by atoms with E-state index < -0.39 is 0 Å². The average Bonchev–Trinajstić information content (AvgIpc) is 3.55. The maximum atomic E-state index is 12.2. The molecule has 0 amide bonds. The first-order chi connectivity index (χ1) is 25.1. The fourth-order valence-corrected chi connectivity index (χ4v) is 8.18. The summed E-state index contributed by atoms with van der Waals surface area (Å²) in [5.41, 5.74) is 8.51. The number of carbonyl (C=O) groups excluding carboxylic acids is 1. The predicted molar refractivity (Wildman–Crippen MR) is 230 cm³/mol. The molecule has 1 aliphatic rings. The number of pyridine rings is 1. The van der Waals surface area contributed by atoms with E-state index in [-0.39, 0.29) is 58.7 Å². The van der Waals surface area contributed by atoms with E-state index in [0.29, 0.717) is 0 Å². The number of hydrogen-bond acceptors (Lipinski definition) is 4. The third-order valence-electron chi connectivity index (χ3n) is 13.2. The fraction of sp³-hybridized carbons (Fsp3) is 0.520. The van der Waals surface area contributed by atoms with E-state index in [2.05, 4.69) is 111 Å². The van der Waals surface area contributed by atoms with Gasteiger partial charge in [-0.15, -0.1) is 29.1 Å². The molecule has 0 saturated heterocycles. The molecule has 1 N–H and O–H groups in total. The van der Waals surface area contributed by atoms with Crippen LogP contribution in [0.4, 0.5) is 0 Å². The van der Waals surface area contributed by atoms with Crippen molar-refractivity contribution in [3.63, 3.8) is 0 Å². The van der Waals surface area contributed by atoms with Crippen LogP contribution in [0.5, 0.6) is 0 Å². The van der Waals surface area contributed by atoms with Gasteiger partial charge >= 0.3 is 0 Å². The van der Waals surface area contributed by atoms with Crippen molar-refractivity contribution in [2.75, 3.05) is 0 Å². The van der Waals surface area contributed by atoms with E-state index in [1.54, 1.807) is 0 Å². The number of hydrogen-bond donors (Lipinski definition) is 1. The first-order valence-electron chi connectivity index (χ1n) is 20.4. The number of aliphatic hydroxyl groups is 1. The summed E-state index contributed by atoms with van der Waals surface area (Å²) in [6.07, 6.45) is 6.99. The van der Waals surface area contributed by atoms with Crippen molar-refractivity contribution in [1.82, 2.24) is 4.98 Å². The summed E-state index contributed by atoms with van der Waals surface area (Å²) >= 11 is 0. The van der Waals surface area contributed by atoms with E-state index in [1.165, 1.54) is 39.1 Å². The quantitative estimate of drug-likeness (QED) is 0.0957. The maximum Gasteiger partial charge on any atom is 0.164 e.